The minimum Gasteiger partial charge on any atom is -0.295 e. The predicted octanol–water partition coefficient (Wildman–Crippen LogP) is 4.43. The third kappa shape index (κ3) is 1.81. The second kappa shape index (κ2) is 5.08. The normalized spacial score (nSPS) is 46.3. The van der Waals surface area contributed by atoms with Crippen LogP contribution in [0.5, 0.6) is 0 Å². The van der Waals surface area contributed by atoms with E-state index in [0.29, 0.717) is 29.5 Å². The van der Waals surface area contributed by atoms with E-state index in [4.69, 9.17) is 0 Å². The number of carbonyl (C=O) groups is 1. The fourth-order valence-corrected chi connectivity index (χ4v) is 6.35. The largest absolute Gasteiger partial charge is 0.295 e. The van der Waals surface area contributed by atoms with Crippen LogP contribution < -0.4 is 0 Å². The highest BCUT2D eigenvalue weighted by molar-refractivity contribution is 5.91. The zero-order chi connectivity index (χ0) is 15.3. The van der Waals surface area contributed by atoms with Crippen LogP contribution in [0.3, 0.4) is 0 Å². The molecule has 0 aromatic heterocycles. The summed E-state index contributed by atoms with van der Waals surface area (Å²) in [6, 6.07) is 2.63. The lowest BCUT2D eigenvalue weighted by Gasteiger charge is -2.52. The smallest absolute Gasteiger partial charge is 0.155 e. The zero-order valence-electron chi connectivity index (χ0n) is 13.4. The van der Waals surface area contributed by atoms with Crippen LogP contribution in [-0.4, -0.2) is 5.78 Å². The Bertz CT molecular complexity index is 595. The number of allylic oxidation sites excluding steroid dienone is 4. The second-order valence-corrected chi connectivity index (χ2v) is 7.85. The Labute approximate surface area is 133 Å². The first kappa shape index (κ1) is 14.2. The van der Waals surface area contributed by atoms with Gasteiger partial charge < -0.3 is 0 Å². The van der Waals surface area contributed by atoms with E-state index in [1.54, 1.807) is 0 Å². The summed E-state index contributed by atoms with van der Waals surface area (Å²) >= 11 is 0. The highest BCUT2D eigenvalue weighted by Crippen LogP contribution is 2.63. The third-order valence-electron chi connectivity index (χ3n) is 7.40. The zero-order valence-corrected chi connectivity index (χ0v) is 13.4. The van der Waals surface area contributed by atoms with Crippen LogP contribution in [0.15, 0.2) is 23.8 Å². The third-order valence-corrected chi connectivity index (χ3v) is 7.40. The molecule has 1 unspecified atom stereocenters. The van der Waals surface area contributed by atoms with Gasteiger partial charge in [0.15, 0.2) is 5.78 Å². The average molecular weight is 295 g/mol. The van der Waals surface area contributed by atoms with E-state index in [2.05, 4.69) is 25.1 Å². The van der Waals surface area contributed by atoms with Gasteiger partial charge >= 0.3 is 0 Å². The van der Waals surface area contributed by atoms with E-state index < -0.39 is 0 Å². The first-order chi connectivity index (χ1) is 10.7. The van der Waals surface area contributed by atoms with Crippen molar-refractivity contribution in [3.63, 3.8) is 0 Å². The molecule has 0 N–H and O–H groups in total. The molecule has 2 heteroatoms. The van der Waals surface area contributed by atoms with Crippen molar-refractivity contribution < 1.29 is 4.79 Å². The van der Waals surface area contributed by atoms with Crippen molar-refractivity contribution in [1.82, 2.24) is 0 Å². The molecule has 0 radical (unpaired) electrons. The first-order valence-corrected chi connectivity index (χ1v) is 9.02. The maximum atomic E-state index is 11.7. The van der Waals surface area contributed by atoms with Gasteiger partial charge in [0.1, 0.15) is 0 Å². The van der Waals surface area contributed by atoms with Gasteiger partial charge in [-0.25, -0.2) is 0 Å². The van der Waals surface area contributed by atoms with Gasteiger partial charge in [-0.1, -0.05) is 19.1 Å². The van der Waals surface area contributed by atoms with Crippen LogP contribution in [0.1, 0.15) is 51.9 Å². The van der Waals surface area contributed by atoms with Crippen molar-refractivity contribution in [2.45, 2.75) is 51.9 Å². The molecule has 0 bridgehead atoms. The van der Waals surface area contributed by atoms with Crippen LogP contribution in [0, 0.1) is 46.3 Å². The maximum Gasteiger partial charge on any atom is 0.155 e. The number of fused-ring (bicyclic) bond motifs is 5. The highest BCUT2D eigenvalue weighted by atomic mass is 16.1. The van der Waals surface area contributed by atoms with Crippen molar-refractivity contribution in [2.75, 3.05) is 0 Å². The fourth-order valence-electron chi connectivity index (χ4n) is 6.35. The topological polar surface area (TPSA) is 40.9 Å². The van der Waals surface area contributed by atoms with Crippen LogP contribution in [0.2, 0.25) is 0 Å². The molecule has 0 spiro atoms. The highest BCUT2D eigenvalue weighted by Gasteiger charge is 2.56. The summed E-state index contributed by atoms with van der Waals surface area (Å²) in [7, 11) is 0. The molecular formula is C20H25NO. The van der Waals surface area contributed by atoms with Crippen LogP contribution >= 0.6 is 0 Å². The number of nitrogens with zero attached hydrogens (tertiary/aromatic N) is 1. The molecule has 4 rings (SSSR count). The minimum atomic E-state index is 0.265. The second-order valence-electron chi connectivity index (χ2n) is 7.85. The lowest BCUT2D eigenvalue weighted by Crippen LogP contribution is -2.45. The molecule has 4 aliphatic carbocycles. The van der Waals surface area contributed by atoms with Gasteiger partial charge in [0.05, 0.1) is 12.0 Å². The lowest BCUT2D eigenvalue weighted by atomic mass is 9.52. The molecule has 6 atom stereocenters. The molecule has 0 amide bonds. The monoisotopic (exact) mass is 295 g/mol. The molecule has 0 heterocycles. The number of hydrogen-bond donors (Lipinski definition) is 0. The van der Waals surface area contributed by atoms with Crippen molar-refractivity contribution in [2.24, 2.45) is 35.0 Å². The van der Waals surface area contributed by atoms with E-state index in [1.807, 2.05) is 6.08 Å². The molecule has 4 aliphatic rings. The number of hydrogen-bond acceptors (Lipinski definition) is 2. The Morgan fingerprint density at radius 3 is 2.95 bits per heavy atom. The molecule has 116 valence electrons. The maximum absolute atomic E-state index is 11.7. The van der Waals surface area contributed by atoms with Crippen LogP contribution in [0.4, 0.5) is 0 Å². The van der Waals surface area contributed by atoms with Gasteiger partial charge in [-0.2, -0.15) is 5.26 Å². The summed E-state index contributed by atoms with van der Waals surface area (Å²) in [5.74, 6) is 3.22. The van der Waals surface area contributed by atoms with Gasteiger partial charge in [0.25, 0.3) is 0 Å². The quantitative estimate of drug-likeness (QED) is 0.718. The van der Waals surface area contributed by atoms with Crippen molar-refractivity contribution in [3.8, 4) is 6.07 Å². The summed E-state index contributed by atoms with van der Waals surface area (Å²) in [5.41, 5.74) is 1.56. The van der Waals surface area contributed by atoms with Gasteiger partial charge in [0, 0.05) is 6.42 Å². The van der Waals surface area contributed by atoms with Gasteiger partial charge in [-0.05, 0) is 79.3 Å². The van der Waals surface area contributed by atoms with Crippen molar-refractivity contribution in [1.29, 1.82) is 5.26 Å². The average Bonchev–Trinajstić information content (AvgIpc) is 2.93. The minimum absolute atomic E-state index is 0.265. The number of carbonyl (C=O) groups excluding carboxylic acids is 1. The summed E-state index contributed by atoms with van der Waals surface area (Å²) in [4.78, 5) is 11.7. The van der Waals surface area contributed by atoms with E-state index in [0.717, 1.165) is 25.7 Å². The predicted molar refractivity (Wildman–Crippen MR) is 85.7 cm³/mol. The Morgan fingerprint density at radius 2 is 2.18 bits per heavy atom. The van der Waals surface area contributed by atoms with Gasteiger partial charge in [-0.3, -0.25) is 4.79 Å². The molecule has 2 nitrogen and oxygen atoms in total. The number of nitriles is 1. The van der Waals surface area contributed by atoms with E-state index in [-0.39, 0.29) is 11.3 Å². The fraction of sp³-hybridized carbons (Fsp3) is 0.700. The van der Waals surface area contributed by atoms with E-state index in [9.17, 15) is 10.1 Å². The van der Waals surface area contributed by atoms with Crippen LogP contribution in [0.25, 0.3) is 0 Å². The molecule has 22 heavy (non-hydrogen) atoms. The number of ketones is 1. The van der Waals surface area contributed by atoms with Crippen LogP contribution in [-0.2, 0) is 4.79 Å². The molecule has 0 aromatic rings. The Balaban J connectivity index is 1.70. The Hall–Kier alpha value is -1.36. The van der Waals surface area contributed by atoms with E-state index >= 15 is 0 Å². The first-order valence-electron chi connectivity index (χ1n) is 9.02. The lowest BCUT2D eigenvalue weighted by molar-refractivity contribution is -0.115. The van der Waals surface area contributed by atoms with E-state index in [1.165, 1.54) is 24.8 Å². The Morgan fingerprint density at radius 1 is 1.32 bits per heavy atom. The molecule has 2 fully saturated rings. The number of rotatable bonds is 1. The molecule has 0 aromatic carbocycles. The Kier molecular flexibility index (Phi) is 3.29. The summed E-state index contributed by atoms with van der Waals surface area (Å²) in [6.45, 7) is 2.29. The van der Waals surface area contributed by atoms with Gasteiger partial charge in [0.2, 0.25) is 0 Å². The summed E-state index contributed by atoms with van der Waals surface area (Å²) in [5, 5.41) is 9.60. The standard InChI is InChI=1S/C20H25NO/c1-2-20-10-9-17-16-7-5-15(22)11-13(16)3-6-18(17)19(20)8-4-14(20)12-21/h3,6,11,14,16-19H,2,4-5,7-10H2,1H3/t14?,16-,17+,18+,19-,20+/m0/s1. The van der Waals surface area contributed by atoms with Crippen molar-refractivity contribution >= 4 is 5.78 Å². The molecular weight excluding hydrogens is 270 g/mol. The van der Waals surface area contributed by atoms with Crippen molar-refractivity contribution in [3.05, 3.63) is 23.8 Å². The molecule has 0 aliphatic heterocycles. The van der Waals surface area contributed by atoms with Gasteiger partial charge in [-0.15, -0.1) is 0 Å². The molecule has 0 saturated heterocycles. The summed E-state index contributed by atoms with van der Waals surface area (Å²) < 4.78 is 0. The summed E-state index contributed by atoms with van der Waals surface area (Å²) in [6.07, 6.45) is 14.3. The SMILES string of the molecule is CC[C@]12CC[C@H]3[C@@H](C=CC4=CC(=O)CC[C@@H]43)[C@@H]1CCC2C#N. The molecule has 2 saturated carbocycles.